The van der Waals surface area contributed by atoms with Gasteiger partial charge in [0, 0.05) is 68.3 Å². The first-order valence-corrected chi connectivity index (χ1v) is 33.4. The van der Waals surface area contributed by atoms with Gasteiger partial charge in [-0.3, -0.25) is 0 Å². The molecule has 0 saturated carbocycles. The third-order valence-corrected chi connectivity index (χ3v) is 19.3. The van der Waals surface area contributed by atoms with E-state index in [0.717, 1.165) is 0 Å². The highest BCUT2D eigenvalue weighted by Gasteiger charge is 2.02. The molecule has 11 rings (SSSR count). The summed E-state index contributed by atoms with van der Waals surface area (Å²) in [4.78, 5) is 19.4. The summed E-state index contributed by atoms with van der Waals surface area (Å²) in [6, 6.07) is 42.8. The molecular weight excluding hydrogens is 1070 g/mol. The lowest BCUT2D eigenvalue weighted by Gasteiger charge is -1.86. The Labute approximate surface area is 474 Å². The van der Waals surface area contributed by atoms with Crippen LogP contribution in [0.2, 0.25) is 0 Å². The van der Waals surface area contributed by atoms with Gasteiger partial charge in [0.2, 0.25) is 0 Å². The Bertz CT molecular complexity index is 2410. The Morgan fingerprint density at radius 3 is 0.704 bits per heavy atom. The molecule has 0 spiro atoms. The van der Waals surface area contributed by atoms with Crippen molar-refractivity contribution in [3.05, 3.63) is 205 Å². The minimum Gasteiger partial charge on any atom is -0.152 e. The number of aryl methyl sites for hydroxylation is 8. The zero-order valence-electron chi connectivity index (χ0n) is 44.7. The number of rotatable bonds is 4. The average Bonchev–Trinajstić information content (AvgIpc) is 4.22. The first-order chi connectivity index (χ1) is 34.5. The van der Waals surface area contributed by atoms with E-state index in [0.29, 0.717) is 0 Å². The van der Waals surface area contributed by atoms with E-state index >= 15 is 0 Å². The summed E-state index contributed by atoms with van der Waals surface area (Å²) in [5.74, 6) is 0. The van der Waals surface area contributed by atoms with Gasteiger partial charge in [0.25, 0.3) is 0 Å². The van der Waals surface area contributed by atoms with Crippen molar-refractivity contribution in [3.63, 3.8) is 0 Å². The summed E-state index contributed by atoms with van der Waals surface area (Å²) in [6.07, 6.45) is 0. The summed E-state index contributed by atoms with van der Waals surface area (Å²) in [7, 11) is 0. The van der Waals surface area contributed by atoms with Gasteiger partial charge in [-0.05, 0) is 201 Å². The fourth-order valence-corrected chi connectivity index (χ4v) is 13.8. The van der Waals surface area contributed by atoms with E-state index in [2.05, 4.69) is 220 Å². The van der Waals surface area contributed by atoms with E-state index in [1.165, 1.54) is 79.4 Å². The van der Waals surface area contributed by atoms with Crippen LogP contribution in [0.4, 0.5) is 0 Å². The number of hydrogen-bond donors (Lipinski definition) is 0. The minimum absolute atomic E-state index is 1.36. The molecule has 11 heteroatoms. The largest absolute Gasteiger partial charge is 0.152 e. The van der Waals surface area contributed by atoms with Gasteiger partial charge >= 0.3 is 0 Å². The highest BCUT2D eigenvalue weighted by Crippen LogP contribution is 2.33. The smallest absolute Gasteiger partial charge is 0.0445 e. The summed E-state index contributed by atoms with van der Waals surface area (Å²) in [5.41, 5.74) is 2.77. The second-order valence-electron chi connectivity index (χ2n) is 13.7. The molecule has 0 radical (unpaired) electrons. The molecule has 0 amide bonds. The monoisotopic (exact) mass is 1150 g/mol. The zero-order valence-corrected chi connectivity index (χ0v) is 53.6. The van der Waals surface area contributed by atoms with Crippen molar-refractivity contribution >= 4 is 125 Å². The fourth-order valence-electron chi connectivity index (χ4n) is 5.08. The molecule has 0 fully saturated rings. The fraction of sp³-hybridized carbons (Fsp3) is 0.267. The van der Waals surface area contributed by atoms with Crippen molar-refractivity contribution in [2.45, 2.75) is 111 Å². The van der Waals surface area contributed by atoms with E-state index < -0.39 is 0 Å². The van der Waals surface area contributed by atoms with Crippen molar-refractivity contribution < 1.29 is 0 Å². The molecule has 11 heterocycles. The van der Waals surface area contributed by atoms with E-state index in [9.17, 15) is 0 Å². The van der Waals surface area contributed by atoms with Crippen LogP contribution >= 0.6 is 125 Å². The number of hydrogen-bond acceptors (Lipinski definition) is 11. The van der Waals surface area contributed by atoms with Crippen LogP contribution < -0.4 is 0 Å². The predicted octanol–water partition coefficient (Wildman–Crippen LogP) is 25.7. The Morgan fingerprint density at radius 2 is 0.577 bits per heavy atom. The van der Waals surface area contributed by atoms with E-state index in [1.807, 2.05) is 101 Å². The third kappa shape index (κ3) is 27.5. The Balaban J connectivity index is 0.000000409. The van der Waals surface area contributed by atoms with Gasteiger partial charge in [-0.1, -0.05) is 85.7 Å². The zero-order chi connectivity index (χ0) is 52.8. The summed E-state index contributed by atoms with van der Waals surface area (Å²) < 4.78 is 0. The molecule has 11 aromatic heterocycles. The molecule has 0 saturated heterocycles. The lowest BCUT2D eigenvalue weighted by Crippen LogP contribution is -1.61. The normalized spacial score (nSPS) is 9.13. The molecule has 0 nitrogen and oxygen atoms in total. The lowest BCUT2D eigenvalue weighted by molar-refractivity contribution is 1.44. The van der Waals surface area contributed by atoms with Gasteiger partial charge in [-0.15, -0.1) is 113 Å². The maximum absolute atomic E-state index is 2.19. The van der Waals surface area contributed by atoms with Gasteiger partial charge in [-0.25, -0.2) is 0 Å². The molecule has 0 atom stereocenters. The van der Waals surface area contributed by atoms with Crippen molar-refractivity contribution in [1.82, 2.24) is 0 Å². The third-order valence-electron chi connectivity index (χ3n) is 8.46. The highest BCUT2D eigenvalue weighted by molar-refractivity contribution is 7.23. The first kappa shape index (κ1) is 65.7. The Kier molecular flexibility index (Phi) is 38.0. The molecule has 382 valence electrons. The van der Waals surface area contributed by atoms with Crippen LogP contribution in [0.15, 0.2) is 164 Å². The van der Waals surface area contributed by atoms with Crippen LogP contribution in [-0.2, 0) is 0 Å². The molecule has 71 heavy (non-hydrogen) atoms. The van der Waals surface area contributed by atoms with Gasteiger partial charge in [0.15, 0.2) is 0 Å². The SMILES string of the molecule is CC.CC.CC.CC.Cc1ccc(-c2cccs2)s1.Cc1ccc(-c2cccs2)s1.Cc1ccc(-c2cccs2)s1.Cc1ccc(-c2cccs2)s1.Cc1cccs1.Cc1ccsc1.Cc1ccsc1C. The second kappa shape index (κ2) is 41.1. The summed E-state index contributed by atoms with van der Waals surface area (Å²) in [5, 5.41) is 16.9. The van der Waals surface area contributed by atoms with Crippen LogP contribution in [0.5, 0.6) is 0 Å². The van der Waals surface area contributed by atoms with Crippen molar-refractivity contribution in [3.8, 4) is 39.0 Å². The van der Waals surface area contributed by atoms with Crippen molar-refractivity contribution in [2.24, 2.45) is 0 Å². The van der Waals surface area contributed by atoms with E-state index in [1.54, 1.807) is 79.4 Å². The average molecular weight is 1150 g/mol. The standard InChI is InChI=1S/4C9H8S2.C6H8S.2C5H6S.4C2H6/c4*1-7-4-5-9(11-7)8-3-2-6-10-8;1-5-3-4-7-6(5)2;1-5-2-3-6-4-5;1-5-3-2-4-6-5;4*1-2/h4*2-6H,1H3;3-4H,1-2H3;2*2-4H,1H3;4*1-2H3. The maximum atomic E-state index is 2.19. The van der Waals surface area contributed by atoms with Gasteiger partial charge in [0.1, 0.15) is 0 Å². The molecule has 0 aliphatic rings. The quantitative estimate of drug-likeness (QED) is 0.165. The van der Waals surface area contributed by atoms with Gasteiger partial charge < -0.3 is 0 Å². The highest BCUT2D eigenvalue weighted by atomic mass is 32.1. The van der Waals surface area contributed by atoms with Crippen LogP contribution in [0, 0.1) is 55.4 Å². The van der Waals surface area contributed by atoms with Crippen molar-refractivity contribution in [1.29, 1.82) is 0 Å². The second-order valence-corrected chi connectivity index (χ2v) is 25.7. The minimum atomic E-state index is 1.36. The van der Waals surface area contributed by atoms with Gasteiger partial charge in [0.05, 0.1) is 0 Å². The summed E-state index contributed by atoms with van der Waals surface area (Å²) >= 11 is 19.9. The molecule has 0 aromatic carbocycles. The van der Waals surface area contributed by atoms with E-state index in [-0.39, 0.29) is 0 Å². The number of thiophene rings is 11. The molecule has 0 bridgehead atoms. The topological polar surface area (TPSA) is 0 Å². The van der Waals surface area contributed by atoms with Crippen molar-refractivity contribution in [2.75, 3.05) is 0 Å². The van der Waals surface area contributed by atoms with Crippen LogP contribution in [-0.4, -0.2) is 0 Å². The molecule has 11 aromatic rings. The Morgan fingerprint density at radius 1 is 0.254 bits per heavy atom. The maximum Gasteiger partial charge on any atom is 0.0445 e. The molecule has 0 aliphatic heterocycles. The van der Waals surface area contributed by atoms with E-state index in [4.69, 9.17) is 0 Å². The first-order valence-electron chi connectivity index (χ1n) is 23.9. The summed E-state index contributed by atoms with van der Waals surface area (Å²) in [6.45, 7) is 33.0. The van der Waals surface area contributed by atoms with Crippen LogP contribution in [0.3, 0.4) is 0 Å². The molecule has 0 N–H and O–H groups in total. The molecular formula is C60H76S11. The Hall–Kier alpha value is -3.30. The molecule has 0 aliphatic carbocycles. The predicted molar refractivity (Wildman–Crippen MR) is 347 cm³/mol. The molecule has 0 unspecified atom stereocenters. The van der Waals surface area contributed by atoms with Gasteiger partial charge in [-0.2, -0.15) is 11.3 Å². The van der Waals surface area contributed by atoms with Crippen LogP contribution in [0.1, 0.15) is 95.8 Å². The van der Waals surface area contributed by atoms with Crippen LogP contribution in [0.25, 0.3) is 39.0 Å². The lowest BCUT2D eigenvalue weighted by atomic mass is 10.3.